The third-order valence-electron chi connectivity index (χ3n) is 2.16. The Hall–Kier alpha value is -1.42. The minimum absolute atomic E-state index is 0.0597. The van der Waals surface area contributed by atoms with E-state index >= 15 is 0 Å². The Kier molecular flexibility index (Phi) is 6.18. The zero-order valence-electron chi connectivity index (χ0n) is 9.70. The molecule has 0 aliphatic carbocycles. The van der Waals surface area contributed by atoms with Crippen LogP contribution in [0.1, 0.15) is 18.9 Å². The van der Waals surface area contributed by atoms with Crippen molar-refractivity contribution in [1.29, 1.82) is 0 Å². The Morgan fingerprint density at radius 1 is 1.25 bits per heavy atom. The summed E-state index contributed by atoms with van der Waals surface area (Å²) in [5.74, 6) is 0.0597. The summed E-state index contributed by atoms with van der Waals surface area (Å²) >= 11 is 0. The van der Waals surface area contributed by atoms with Crippen LogP contribution < -0.4 is 10.6 Å². The van der Waals surface area contributed by atoms with Gasteiger partial charge in [-0.25, -0.2) is 0 Å². The zero-order chi connectivity index (χ0) is 11.6. The summed E-state index contributed by atoms with van der Waals surface area (Å²) in [4.78, 5) is 15.4. The third-order valence-corrected chi connectivity index (χ3v) is 2.16. The van der Waals surface area contributed by atoms with Gasteiger partial charge in [-0.1, -0.05) is 6.92 Å². The monoisotopic (exact) mass is 221 g/mol. The number of aromatic nitrogens is 1. The minimum Gasteiger partial charge on any atom is -0.355 e. The Labute approximate surface area is 96.5 Å². The van der Waals surface area contributed by atoms with Gasteiger partial charge in [0.1, 0.15) is 0 Å². The van der Waals surface area contributed by atoms with Crippen molar-refractivity contribution >= 4 is 5.91 Å². The lowest BCUT2D eigenvalue weighted by Gasteiger charge is -2.05. The van der Waals surface area contributed by atoms with Gasteiger partial charge in [0.05, 0.1) is 6.42 Å². The number of hydrogen-bond donors (Lipinski definition) is 2. The van der Waals surface area contributed by atoms with E-state index in [1.807, 2.05) is 12.1 Å². The first-order valence-electron chi connectivity index (χ1n) is 5.69. The number of pyridine rings is 1. The Morgan fingerprint density at radius 3 is 2.69 bits per heavy atom. The highest BCUT2D eigenvalue weighted by atomic mass is 16.1. The molecule has 0 aliphatic heterocycles. The van der Waals surface area contributed by atoms with Gasteiger partial charge in [-0.05, 0) is 30.7 Å². The minimum atomic E-state index is 0.0597. The van der Waals surface area contributed by atoms with Crippen LogP contribution in [0.5, 0.6) is 0 Å². The Balaban J connectivity index is 2.12. The van der Waals surface area contributed by atoms with Crippen molar-refractivity contribution in [2.24, 2.45) is 0 Å². The first-order valence-corrected chi connectivity index (χ1v) is 5.69. The maximum absolute atomic E-state index is 11.5. The summed E-state index contributed by atoms with van der Waals surface area (Å²) < 4.78 is 0. The van der Waals surface area contributed by atoms with E-state index in [9.17, 15) is 4.79 Å². The number of carbonyl (C=O) groups excluding carboxylic acids is 1. The molecule has 2 N–H and O–H groups in total. The molecule has 1 heterocycles. The van der Waals surface area contributed by atoms with Gasteiger partial charge in [0.15, 0.2) is 0 Å². The van der Waals surface area contributed by atoms with E-state index in [0.29, 0.717) is 13.0 Å². The van der Waals surface area contributed by atoms with Gasteiger partial charge in [0, 0.05) is 25.5 Å². The lowest BCUT2D eigenvalue weighted by molar-refractivity contribution is -0.120. The van der Waals surface area contributed by atoms with Gasteiger partial charge in [-0.15, -0.1) is 0 Å². The molecule has 1 aromatic rings. The van der Waals surface area contributed by atoms with Gasteiger partial charge in [-0.3, -0.25) is 9.78 Å². The standard InChI is InChI=1S/C12H19N3O/c1-2-5-13-8-9-15-12(16)10-11-3-6-14-7-4-11/h3-4,6-7,13H,2,5,8-10H2,1H3,(H,15,16). The summed E-state index contributed by atoms with van der Waals surface area (Å²) in [6, 6.07) is 3.71. The third kappa shape index (κ3) is 5.46. The molecule has 0 atom stereocenters. The lowest BCUT2D eigenvalue weighted by atomic mass is 10.2. The normalized spacial score (nSPS) is 10.1. The van der Waals surface area contributed by atoms with Crippen molar-refractivity contribution in [3.05, 3.63) is 30.1 Å². The van der Waals surface area contributed by atoms with Gasteiger partial charge < -0.3 is 10.6 Å². The van der Waals surface area contributed by atoms with Crippen LogP contribution in [-0.4, -0.2) is 30.5 Å². The van der Waals surface area contributed by atoms with Crippen molar-refractivity contribution in [1.82, 2.24) is 15.6 Å². The van der Waals surface area contributed by atoms with Gasteiger partial charge in [-0.2, -0.15) is 0 Å². The molecule has 0 aliphatic rings. The van der Waals surface area contributed by atoms with Crippen LogP contribution in [0.3, 0.4) is 0 Å². The fourth-order valence-electron chi connectivity index (χ4n) is 1.34. The number of nitrogens with zero attached hydrogens (tertiary/aromatic N) is 1. The van der Waals surface area contributed by atoms with Crippen molar-refractivity contribution in [2.45, 2.75) is 19.8 Å². The second-order valence-corrected chi connectivity index (χ2v) is 3.63. The number of nitrogens with one attached hydrogen (secondary N) is 2. The molecule has 0 bridgehead atoms. The fraction of sp³-hybridized carbons (Fsp3) is 0.500. The van der Waals surface area contributed by atoms with Gasteiger partial charge in [0.2, 0.25) is 5.91 Å². The van der Waals surface area contributed by atoms with Gasteiger partial charge in [0.25, 0.3) is 0 Å². The van der Waals surface area contributed by atoms with E-state index in [-0.39, 0.29) is 5.91 Å². The van der Waals surface area contributed by atoms with Crippen LogP contribution in [0.25, 0.3) is 0 Å². The van der Waals surface area contributed by atoms with Crippen LogP contribution in [0.15, 0.2) is 24.5 Å². The maximum atomic E-state index is 11.5. The first-order chi connectivity index (χ1) is 7.83. The fourth-order valence-corrected chi connectivity index (χ4v) is 1.34. The van der Waals surface area contributed by atoms with E-state index in [2.05, 4.69) is 22.5 Å². The highest BCUT2D eigenvalue weighted by Gasteiger charge is 2.01. The molecule has 0 radical (unpaired) electrons. The summed E-state index contributed by atoms with van der Waals surface area (Å²) in [6.45, 7) is 4.63. The van der Waals surface area contributed by atoms with Crippen LogP contribution in [0.4, 0.5) is 0 Å². The molecule has 4 nitrogen and oxygen atoms in total. The molecular formula is C12H19N3O. The van der Waals surface area contributed by atoms with E-state index in [4.69, 9.17) is 0 Å². The van der Waals surface area contributed by atoms with Crippen LogP contribution >= 0.6 is 0 Å². The van der Waals surface area contributed by atoms with Crippen molar-refractivity contribution < 1.29 is 4.79 Å². The molecule has 4 heteroatoms. The molecule has 1 aromatic heterocycles. The topological polar surface area (TPSA) is 54.0 Å². The first kappa shape index (κ1) is 12.6. The predicted octanol–water partition coefficient (Wildman–Crippen LogP) is 0.740. The molecule has 0 fully saturated rings. The molecule has 88 valence electrons. The summed E-state index contributed by atoms with van der Waals surface area (Å²) in [5.41, 5.74) is 0.994. The zero-order valence-corrected chi connectivity index (χ0v) is 9.70. The van der Waals surface area contributed by atoms with Crippen molar-refractivity contribution in [2.75, 3.05) is 19.6 Å². The molecular weight excluding hydrogens is 202 g/mol. The number of hydrogen-bond acceptors (Lipinski definition) is 3. The smallest absolute Gasteiger partial charge is 0.224 e. The van der Waals surface area contributed by atoms with Crippen LogP contribution in [-0.2, 0) is 11.2 Å². The van der Waals surface area contributed by atoms with E-state index in [1.165, 1.54) is 0 Å². The van der Waals surface area contributed by atoms with Crippen molar-refractivity contribution in [3.8, 4) is 0 Å². The highest BCUT2D eigenvalue weighted by Crippen LogP contribution is 1.96. The second-order valence-electron chi connectivity index (χ2n) is 3.63. The molecule has 0 spiro atoms. The molecule has 0 saturated carbocycles. The summed E-state index contributed by atoms with van der Waals surface area (Å²) in [6.07, 6.45) is 4.94. The van der Waals surface area contributed by atoms with E-state index in [0.717, 1.165) is 25.1 Å². The molecule has 0 saturated heterocycles. The second kappa shape index (κ2) is 7.82. The SMILES string of the molecule is CCCNCCNC(=O)Cc1ccncc1. The van der Waals surface area contributed by atoms with E-state index in [1.54, 1.807) is 12.4 Å². The lowest BCUT2D eigenvalue weighted by Crippen LogP contribution is -2.32. The highest BCUT2D eigenvalue weighted by molar-refractivity contribution is 5.78. The molecule has 0 unspecified atom stereocenters. The van der Waals surface area contributed by atoms with Crippen LogP contribution in [0.2, 0.25) is 0 Å². The number of carbonyl (C=O) groups is 1. The molecule has 16 heavy (non-hydrogen) atoms. The number of amides is 1. The molecule has 1 rings (SSSR count). The average Bonchev–Trinajstić information content (AvgIpc) is 2.30. The summed E-state index contributed by atoms with van der Waals surface area (Å²) in [5, 5.41) is 6.10. The van der Waals surface area contributed by atoms with Crippen molar-refractivity contribution in [3.63, 3.8) is 0 Å². The Bertz CT molecular complexity index is 300. The Morgan fingerprint density at radius 2 is 2.00 bits per heavy atom. The summed E-state index contributed by atoms with van der Waals surface area (Å²) in [7, 11) is 0. The predicted molar refractivity (Wildman–Crippen MR) is 64.1 cm³/mol. The van der Waals surface area contributed by atoms with E-state index < -0.39 is 0 Å². The average molecular weight is 221 g/mol. The quantitative estimate of drug-likeness (QED) is 0.668. The van der Waals surface area contributed by atoms with Crippen LogP contribution in [0, 0.1) is 0 Å². The molecule has 1 amide bonds. The molecule has 0 aromatic carbocycles. The maximum Gasteiger partial charge on any atom is 0.224 e. The number of rotatable bonds is 7. The largest absolute Gasteiger partial charge is 0.355 e. The van der Waals surface area contributed by atoms with Gasteiger partial charge >= 0.3 is 0 Å².